The molecule has 0 spiro atoms. The second-order valence-corrected chi connectivity index (χ2v) is 6.33. The van der Waals surface area contributed by atoms with Crippen LogP contribution in [0.1, 0.15) is 17.5 Å². The number of benzene rings is 2. The van der Waals surface area contributed by atoms with Gasteiger partial charge in [-0.05, 0) is 35.8 Å². The Morgan fingerprint density at radius 2 is 1.83 bits per heavy atom. The number of hydroxylamine groups is 1. The number of phenolic OH excluding ortho intramolecular Hbond substituents is 1. The highest BCUT2D eigenvalue weighted by atomic mass is 16.7. The number of imide groups is 1. The summed E-state index contributed by atoms with van der Waals surface area (Å²) in [6, 6.07) is 11.9. The van der Waals surface area contributed by atoms with Crippen LogP contribution in [-0.2, 0) is 16.2 Å². The molecular formula is C21H22N2O6. The Hall–Kier alpha value is -3.52. The minimum atomic E-state index is -0.616. The third-order valence-electron chi connectivity index (χ3n) is 4.45. The molecule has 3 rings (SSSR count). The van der Waals surface area contributed by atoms with Crippen molar-refractivity contribution >= 4 is 18.0 Å². The maximum absolute atomic E-state index is 12.6. The van der Waals surface area contributed by atoms with Gasteiger partial charge in [0.1, 0.15) is 0 Å². The Morgan fingerprint density at radius 3 is 2.45 bits per heavy atom. The molecule has 0 unspecified atom stereocenters. The first-order chi connectivity index (χ1) is 14.0. The van der Waals surface area contributed by atoms with Crippen molar-refractivity contribution < 1.29 is 29.0 Å². The molecule has 1 aliphatic heterocycles. The van der Waals surface area contributed by atoms with Crippen LogP contribution in [0.3, 0.4) is 0 Å². The van der Waals surface area contributed by atoms with Gasteiger partial charge < -0.3 is 14.6 Å². The van der Waals surface area contributed by atoms with Gasteiger partial charge in [0.15, 0.2) is 11.5 Å². The number of hydrogen-bond donors (Lipinski definition) is 2. The molecule has 152 valence electrons. The largest absolute Gasteiger partial charge is 0.502 e. The average molecular weight is 398 g/mol. The summed E-state index contributed by atoms with van der Waals surface area (Å²) in [7, 11) is 2.85. The summed E-state index contributed by atoms with van der Waals surface area (Å²) in [5, 5.41) is 9.99. The van der Waals surface area contributed by atoms with Gasteiger partial charge in [0.2, 0.25) is 5.75 Å². The lowest BCUT2D eigenvalue weighted by molar-refractivity contribution is -0.122. The highest BCUT2D eigenvalue weighted by Gasteiger charge is 2.31. The van der Waals surface area contributed by atoms with Gasteiger partial charge in [-0.15, -0.1) is 0 Å². The average Bonchev–Trinajstić information content (AvgIpc) is 3.10. The van der Waals surface area contributed by atoms with Gasteiger partial charge >= 0.3 is 6.03 Å². The van der Waals surface area contributed by atoms with E-state index in [9.17, 15) is 14.7 Å². The number of carbonyl (C=O) groups is 2. The number of carbonyl (C=O) groups excluding carboxylic acids is 2. The SMILES string of the molecule is COc1cc(C=C2CCN(C(=O)NOCc3ccccc3)C2=O)cc(OC)c1O. The van der Waals surface area contributed by atoms with E-state index in [0.29, 0.717) is 17.6 Å². The number of rotatable bonds is 6. The van der Waals surface area contributed by atoms with Crippen LogP contribution in [0.4, 0.5) is 4.79 Å². The molecule has 0 aromatic heterocycles. The van der Waals surface area contributed by atoms with Gasteiger partial charge in [0.05, 0.1) is 20.8 Å². The van der Waals surface area contributed by atoms with E-state index in [1.165, 1.54) is 14.2 Å². The second-order valence-electron chi connectivity index (χ2n) is 6.33. The van der Waals surface area contributed by atoms with E-state index in [0.717, 1.165) is 10.5 Å². The van der Waals surface area contributed by atoms with E-state index in [-0.39, 0.29) is 30.4 Å². The fraction of sp³-hybridized carbons (Fsp3) is 0.238. The molecule has 3 amide bonds. The summed E-state index contributed by atoms with van der Waals surface area (Å²) in [6.07, 6.45) is 2.04. The van der Waals surface area contributed by atoms with Gasteiger partial charge in [-0.2, -0.15) is 0 Å². The Labute approximate surface area is 168 Å². The Kier molecular flexibility index (Phi) is 6.36. The van der Waals surface area contributed by atoms with Crippen molar-refractivity contribution in [2.75, 3.05) is 20.8 Å². The molecule has 1 heterocycles. The first-order valence-corrected chi connectivity index (χ1v) is 8.96. The van der Waals surface area contributed by atoms with Gasteiger partial charge in [-0.25, -0.2) is 10.3 Å². The number of likely N-dealkylation sites (tertiary alicyclic amines) is 1. The molecule has 8 nitrogen and oxygen atoms in total. The molecule has 0 radical (unpaired) electrons. The zero-order valence-electron chi connectivity index (χ0n) is 16.2. The van der Waals surface area contributed by atoms with Gasteiger partial charge in [-0.3, -0.25) is 14.5 Å². The van der Waals surface area contributed by atoms with E-state index in [2.05, 4.69) is 5.48 Å². The van der Waals surface area contributed by atoms with Crippen molar-refractivity contribution in [2.24, 2.45) is 0 Å². The van der Waals surface area contributed by atoms with Gasteiger partial charge in [0, 0.05) is 12.1 Å². The molecule has 1 fully saturated rings. The number of phenols is 1. The van der Waals surface area contributed by atoms with Crippen LogP contribution in [0, 0.1) is 0 Å². The molecule has 2 N–H and O–H groups in total. The molecule has 2 aromatic rings. The van der Waals surface area contributed by atoms with Gasteiger partial charge in [-0.1, -0.05) is 30.3 Å². The number of nitrogens with zero attached hydrogens (tertiary/aromatic N) is 1. The van der Waals surface area contributed by atoms with Crippen LogP contribution in [0.25, 0.3) is 6.08 Å². The minimum Gasteiger partial charge on any atom is -0.502 e. The van der Waals surface area contributed by atoms with Crippen molar-refractivity contribution in [3.05, 3.63) is 59.2 Å². The number of ether oxygens (including phenoxy) is 2. The van der Waals surface area contributed by atoms with Crippen molar-refractivity contribution in [3.8, 4) is 17.2 Å². The number of nitrogens with one attached hydrogen (secondary N) is 1. The standard InChI is InChI=1S/C21H22N2O6/c1-27-17-11-15(12-18(28-2)19(17)24)10-16-8-9-23(20(16)25)21(26)22-29-13-14-6-4-3-5-7-14/h3-7,10-12,24H,8-9,13H2,1-2H3,(H,22,26). The molecular weight excluding hydrogens is 376 g/mol. The summed E-state index contributed by atoms with van der Waals surface area (Å²) in [6.45, 7) is 0.446. The van der Waals surface area contributed by atoms with E-state index in [1.807, 2.05) is 30.3 Å². The summed E-state index contributed by atoms with van der Waals surface area (Å²) < 4.78 is 10.2. The number of amides is 3. The maximum Gasteiger partial charge on any atom is 0.348 e. The van der Waals surface area contributed by atoms with Crippen molar-refractivity contribution in [1.29, 1.82) is 0 Å². The second kappa shape index (κ2) is 9.11. The highest BCUT2D eigenvalue weighted by molar-refractivity contribution is 6.08. The lowest BCUT2D eigenvalue weighted by Crippen LogP contribution is -2.40. The zero-order valence-corrected chi connectivity index (χ0v) is 16.2. The smallest absolute Gasteiger partial charge is 0.348 e. The van der Waals surface area contributed by atoms with E-state index < -0.39 is 11.9 Å². The fourth-order valence-corrected chi connectivity index (χ4v) is 2.95. The topological polar surface area (TPSA) is 97.3 Å². The first kappa shape index (κ1) is 20.2. The molecule has 0 aliphatic carbocycles. The third kappa shape index (κ3) is 4.67. The molecule has 1 saturated heterocycles. The van der Waals surface area contributed by atoms with Crippen LogP contribution in [-0.4, -0.2) is 42.7 Å². The summed E-state index contributed by atoms with van der Waals surface area (Å²) in [4.78, 5) is 31.1. The number of urea groups is 1. The Balaban J connectivity index is 1.65. The normalized spacial score (nSPS) is 14.9. The van der Waals surface area contributed by atoms with E-state index in [1.54, 1.807) is 18.2 Å². The minimum absolute atomic E-state index is 0.119. The Bertz CT molecular complexity index is 901. The van der Waals surface area contributed by atoms with Crippen molar-refractivity contribution in [1.82, 2.24) is 10.4 Å². The monoisotopic (exact) mass is 398 g/mol. The van der Waals surface area contributed by atoms with Crippen LogP contribution in [0.2, 0.25) is 0 Å². The fourth-order valence-electron chi connectivity index (χ4n) is 2.95. The number of aromatic hydroxyl groups is 1. The predicted molar refractivity (Wildman–Crippen MR) is 105 cm³/mol. The van der Waals surface area contributed by atoms with Crippen LogP contribution in [0.5, 0.6) is 17.2 Å². The summed E-state index contributed by atoms with van der Waals surface area (Å²) in [5.41, 5.74) is 4.27. The maximum atomic E-state index is 12.6. The lowest BCUT2D eigenvalue weighted by atomic mass is 10.1. The third-order valence-corrected chi connectivity index (χ3v) is 4.45. The molecule has 0 bridgehead atoms. The zero-order chi connectivity index (χ0) is 20.8. The highest BCUT2D eigenvalue weighted by Crippen LogP contribution is 2.38. The van der Waals surface area contributed by atoms with Crippen LogP contribution < -0.4 is 15.0 Å². The van der Waals surface area contributed by atoms with E-state index >= 15 is 0 Å². The number of methoxy groups -OCH3 is 2. The number of hydrogen-bond acceptors (Lipinski definition) is 6. The predicted octanol–water partition coefficient (Wildman–Crippen LogP) is 2.87. The molecule has 1 aliphatic rings. The molecule has 29 heavy (non-hydrogen) atoms. The molecule has 8 heteroatoms. The summed E-state index contributed by atoms with van der Waals surface area (Å²) in [5.74, 6) is -0.0700. The van der Waals surface area contributed by atoms with E-state index in [4.69, 9.17) is 14.3 Å². The lowest BCUT2D eigenvalue weighted by Gasteiger charge is -2.14. The summed E-state index contributed by atoms with van der Waals surface area (Å²) >= 11 is 0. The van der Waals surface area contributed by atoms with Gasteiger partial charge in [0.25, 0.3) is 5.91 Å². The quantitative estimate of drug-likeness (QED) is 0.574. The first-order valence-electron chi connectivity index (χ1n) is 8.96. The Morgan fingerprint density at radius 1 is 1.17 bits per heavy atom. The molecule has 0 atom stereocenters. The van der Waals surface area contributed by atoms with Crippen molar-refractivity contribution in [2.45, 2.75) is 13.0 Å². The molecule has 2 aromatic carbocycles. The van der Waals surface area contributed by atoms with Crippen LogP contribution >= 0.6 is 0 Å². The van der Waals surface area contributed by atoms with Crippen LogP contribution in [0.15, 0.2) is 48.0 Å². The molecule has 0 saturated carbocycles. The van der Waals surface area contributed by atoms with Crippen molar-refractivity contribution in [3.63, 3.8) is 0 Å².